The average molecular weight is 182 g/mol. The lowest BCUT2D eigenvalue weighted by atomic mass is 9.82. The van der Waals surface area contributed by atoms with Crippen molar-refractivity contribution >= 4 is 0 Å². The molecule has 1 N–H and O–H groups in total. The Balaban J connectivity index is 1.49. The molecule has 0 aromatic rings. The maximum Gasteiger partial charge on any atom is 0.0107 e. The molecule has 0 unspecified atom stereocenters. The van der Waals surface area contributed by atoms with Crippen LogP contribution in [-0.2, 0) is 0 Å². The van der Waals surface area contributed by atoms with Crippen molar-refractivity contribution in [3.63, 3.8) is 0 Å². The molecule has 2 fully saturated rings. The minimum absolute atomic E-state index is 0.845. The molecule has 2 nitrogen and oxygen atoms in total. The first-order chi connectivity index (χ1) is 6.34. The van der Waals surface area contributed by atoms with Gasteiger partial charge in [-0.1, -0.05) is 6.92 Å². The van der Waals surface area contributed by atoms with Crippen molar-refractivity contribution < 1.29 is 0 Å². The van der Waals surface area contributed by atoms with Crippen molar-refractivity contribution in [2.24, 2.45) is 5.92 Å². The fraction of sp³-hybridized carbons (Fsp3) is 1.00. The molecule has 2 rings (SSSR count). The zero-order chi connectivity index (χ0) is 9.10. The molecule has 1 saturated carbocycles. The van der Waals surface area contributed by atoms with Crippen molar-refractivity contribution in [3.05, 3.63) is 0 Å². The molecule has 0 aromatic carbocycles. The van der Waals surface area contributed by atoms with E-state index in [0.717, 1.165) is 12.0 Å². The van der Waals surface area contributed by atoms with Gasteiger partial charge in [-0.05, 0) is 44.7 Å². The summed E-state index contributed by atoms with van der Waals surface area (Å²) in [5, 5.41) is 3.63. The summed E-state index contributed by atoms with van der Waals surface area (Å²) in [5.74, 6) is 0.976. The molecule has 0 bridgehead atoms. The molecular formula is C11H22N2. The van der Waals surface area contributed by atoms with E-state index in [4.69, 9.17) is 0 Å². The van der Waals surface area contributed by atoms with Gasteiger partial charge in [-0.25, -0.2) is 0 Å². The lowest BCUT2D eigenvalue weighted by molar-refractivity contribution is 0.229. The SMILES string of the molecule is CC1CC(NCCN2CCCC2)C1. The third kappa shape index (κ3) is 2.68. The number of nitrogens with zero attached hydrogens (tertiary/aromatic N) is 1. The van der Waals surface area contributed by atoms with Crippen molar-refractivity contribution in [1.82, 2.24) is 10.2 Å². The molecule has 13 heavy (non-hydrogen) atoms. The summed E-state index contributed by atoms with van der Waals surface area (Å²) < 4.78 is 0. The number of nitrogens with one attached hydrogen (secondary N) is 1. The van der Waals surface area contributed by atoms with E-state index in [-0.39, 0.29) is 0 Å². The first-order valence-electron chi connectivity index (χ1n) is 5.80. The van der Waals surface area contributed by atoms with Gasteiger partial charge in [-0.2, -0.15) is 0 Å². The fourth-order valence-electron chi connectivity index (χ4n) is 2.50. The van der Waals surface area contributed by atoms with Gasteiger partial charge in [-0.3, -0.25) is 0 Å². The Morgan fingerprint density at radius 2 is 1.92 bits per heavy atom. The highest BCUT2D eigenvalue weighted by molar-refractivity contribution is 4.82. The Bertz CT molecular complexity index is 146. The Labute approximate surface area is 81.7 Å². The van der Waals surface area contributed by atoms with E-state index in [1.54, 1.807) is 0 Å². The van der Waals surface area contributed by atoms with Crippen LogP contribution in [-0.4, -0.2) is 37.1 Å². The number of hydrogen-bond donors (Lipinski definition) is 1. The lowest BCUT2D eigenvalue weighted by Gasteiger charge is -2.34. The van der Waals surface area contributed by atoms with Crippen LogP contribution in [0.1, 0.15) is 32.6 Å². The van der Waals surface area contributed by atoms with E-state index in [2.05, 4.69) is 17.1 Å². The molecule has 0 radical (unpaired) electrons. The van der Waals surface area contributed by atoms with Crippen molar-refractivity contribution in [3.8, 4) is 0 Å². The minimum atomic E-state index is 0.845. The van der Waals surface area contributed by atoms with Crippen LogP contribution < -0.4 is 5.32 Å². The second-order valence-corrected chi connectivity index (χ2v) is 4.78. The third-order valence-electron chi connectivity index (χ3n) is 3.43. The Kier molecular flexibility index (Phi) is 3.23. The van der Waals surface area contributed by atoms with Gasteiger partial charge in [0.15, 0.2) is 0 Å². The summed E-state index contributed by atoms with van der Waals surface area (Å²) in [6, 6.07) is 0.845. The van der Waals surface area contributed by atoms with Crippen molar-refractivity contribution in [2.45, 2.75) is 38.6 Å². The number of rotatable bonds is 4. The molecule has 2 heteroatoms. The second kappa shape index (κ2) is 4.43. The average Bonchev–Trinajstić information content (AvgIpc) is 2.53. The van der Waals surface area contributed by atoms with Crippen LogP contribution in [0.4, 0.5) is 0 Å². The van der Waals surface area contributed by atoms with E-state index < -0.39 is 0 Å². The van der Waals surface area contributed by atoms with Gasteiger partial charge in [0.05, 0.1) is 0 Å². The van der Waals surface area contributed by atoms with Crippen LogP contribution in [0.25, 0.3) is 0 Å². The summed E-state index contributed by atoms with van der Waals surface area (Å²) in [5.41, 5.74) is 0. The summed E-state index contributed by atoms with van der Waals surface area (Å²) >= 11 is 0. The topological polar surface area (TPSA) is 15.3 Å². The molecule has 0 atom stereocenters. The van der Waals surface area contributed by atoms with Crippen LogP contribution in [0.15, 0.2) is 0 Å². The molecule has 0 aromatic heterocycles. The fourth-order valence-corrected chi connectivity index (χ4v) is 2.50. The van der Waals surface area contributed by atoms with E-state index in [0.29, 0.717) is 0 Å². The number of hydrogen-bond acceptors (Lipinski definition) is 2. The largest absolute Gasteiger partial charge is 0.313 e. The molecular weight excluding hydrogens is 160 g/mol. The van der Waals surface area contributed by atoms with Gasteiger partial charge in [-0.15, -0.1) is 0 Å². The Morgan fingerprint density at radius 1 is 1.23 bits per heavy atom. The van der Waals surface area contributed by atoms with Gasteiger partial charge < -0.3 is 10.2 Å². The summed E-state index contributed by atoms with van der Waals surface area (Å²) in [4.78, 5) is 2.58. The van der Waals surface area contributed by atoms with Gasteiger partial charge in [0.1, 0.15) is 0 Å². The standard InChI is InChI=1S/C11H22N2/c1-10-8-11(9-10)12-4-7-13-5-2-3-6-13/h10-12H,2-9H2,1H3. The third-order valence-corrected chi connectivity index (χ3v) is 3.43. The molecule has 0 spiro atoms. The summed E-state index contributed by atoms with van der Waals surface area (Å²) in [6.45, 7) is 7.49. The van der Waals surface area contributed by atoms with Gasteiger partial charge in [0.25, 0.3) is 0 Å². The van der Waals surface area contributed by atoms with E-state index in [9.17, 15) is 0 Å². The minimum Gasteiger partial charge on any atom is -0.313 e. The second-order valence-electron chi connectivity index (χ2n) is 4.78. The molecule has 1 aliphatic carbocycles. The normalized spacial score (nSPS) is 34.8. The van der Waals surface area contributed by atoms with Gasteiger partial charge in [0.2, 0.25) is 0 Å². The van der Waals surface area contributed by atoms with Crippen molar-refractivity contribution in [2.75, 3.05) is 26.2 Å². The summed E-state index contributed by atoms with van der Waals surface area (Å²) in [6.07, 6.45) is 5.64. The predicted octanol–water partition coefficient (Wildman–Crippen LogP) is 1.47. The summed E-state index contributed by atoms with van der Waals surface area (Å²) in [7, 11) is 0. The first kappa shape index (κ1) is 9.47. The van der Waals surface area contributed by atoms with E-state index in [1.165, 1.54) is 51.9 Å². The quantitative estimate of drug-likeness (QED) is 0.708. The molecule has 1 heterocycles. The maximum atomic E-state index is 3.63. The first-order valence-corrected chi connectivity index (χ1v) is 5.80. The zero-order valence-corrected chi connectivity index (χ0v) is 8.76. The number of likely N-dealkylation sites (tertiary alicyclic amines) is 1. The Hall–Kier alpha value is -0.0800. The van der Waals surface area contributed by atoms with Crippen LogP contribution in [0.5, 0.6) is 0 Å². The van der Waals surface area contributed by atoms with Crippen LogP contribution in [0, 0.1) is 5.92 Å². The monoisotopic (exact) mass is 182 g/mol. The van der Waals surface area contributed by atoms with Crippen LogP contribution in [0.2, 0.25) is 0 Å². The smallest absolute Gasteiger partial charge is 0.0107 e. The van der Waals surface area contributed by atoms with Crippen LogP contribution in [0.3, 0.4) is 0 Å². The predicted molar refractivity (Wildman–Crippen MR) is 55.9 cm³/mol. The maximum absolute atomic E-state index is 3.63. The molecule has 1 saturated heterocycles. The highest BCUT2D eigenvalue weighted by Crippen LogP contribution is 2.25. The van der Waals surface area contributed by atoms with Crippen molar-refractivity contribution in [1.29, 1.82) is 0 Å². The molecule has 2 aliphatic rings. The Morgan fingerprint density at radius 3 is 2.54 bits per heavy atom. The van der Waals surface area contributed by atoms with E-state index >= 15 is 0 Å². The van der Waals surface area contributed by atoms with Gasteiger partial charge in [0, 0.05) is 19.1 Å². The highest BCUT2D eigenvalue weighted by Gasteiger charge is 2.24. The van der Waals surface area contributed by atoms with E-state index in [1.807, 2.05) is 0 Å². The molecule has 0 amide bonds. The van der Waals surface area contributed by atoms with Crippen LogP contribution >= 0.6 is 0 Å². The molecule has 1 aliphatic heterocycles. The molecule has 76 valence electrons. The van der Waals surface area contributed by atoms with Gasteiger partial charge >= 0.3 is 0 Å². The highest BCUT2D eigenvalue weighted by atomic mass is 15.2. The lowest BCUT2D eigenvalue weighted by Crippen LogP contribution is -2.43. The zero-order valence-electron chi connectivity index (χ0n) is 8.76.